The van der Waals surface area contributed by atoms with Gasteiger partial charge < -0.3 is 15.4 Å². The van der Waals surface area contributed by atoms with Gasteiger partial charge in [-0.05, 0) is 63.3 Å². The van der Waals surface area contributed by atoms with Gasteiger partial charge in [0.15, 0.2) is 0 Å². The zero-order valence-electron chi connectivity index (χ0n) is 14.0. The van der Waals surface area contributed by atoms with Crippen LogP contribution < -0.4 is 10.6 Å². The predicted molar refractivity (Wildman–Crippen MR) is 87.6 cm³/mol. The van der Waals surface area contributed by atoms with Crippen molar-refractivity contribution in [1.82, 2.24) is 10.6 Å². The molecule has 0 aromatic rings. The molecule has 0 bridgehead atoms. The molecule has 3 atom stereocenters. The summed E-state index contributed by atoms with van der Waals surface area (Å²) in [5.74, 6) is 2.36. The van der Waals surface area contributed by atoms with E-state index >= 15 is 0 Å². The first-order chi connectivity index (χ1) is 10.8. The quantitative estimate of drug-likeness (QED) is 0.792. The number of carbonyl (C=O) groups excluding carboxylic acids is 1. The fourth-order valence-corrected chi connectivity index (χ4v) is 4.69. The summed E-state index contributed by atoms with van der Waals surface area (Å²) in [6, 6.07) is 0.0663. The summed E-state index contributed by atoms with van der Waals surface area (Å²) >= 11 is 0. The van der Waals surface area contributed by atoms with E-state index in [9.17, 15) is 4.79 Å². The number of hydrogen-bond acceptors (Lipinski definition) is 3. The Labute approximate surface area is 134 Å². The van der Waals surface area contributed by atoms with Gasteiger partial charge in [0.05, 0.1) is 12.1 Å². The average molecular weight is 308 g/mol. The van der Waals surface area contributed by atoms with E-state index in [4.69, 9.17) is 4.74 Å². The molecule has 0 radical (unpaired) electrons. The van der Waals surface area contributed by atoms with Gasteiger partial charge in [-0.15, -0.1) is 0 Å². The highest BCUT2D eigenvalue weighted by Gasteiger charge is 2.38. The van der Waals surface area contributed by atoms with Gasteiger partial charge in [-0.25, -0.2) is 0 Å². The van der Waals surface area contributed by atoms with Crippen LogP contribution in [0.1, 0.15) is 58.3 Å². The number of carbonyl (C=O) groups is 1. The van der Waals surface area contributed by atoms with Crippen molar-refractivity contribution in [3.63, 3.8) is 0 Å². The number of nitrogens with one attached hydrogen (secondary N) is 2. The Balaban J connectivity index is 1.36. The van der Waals surface area contributed by atoms with Crippen molar-refractivity contribution in [2.75, 3.05) is 19.7 Å². The zero-order chi connectivity index (χ0) is 15.4. The Bertz CT molecular complexity index is 366. The summed E-state index contributed by atoms with van der Waals surface area (Å²) < 4.78 is 5.59. The monoisotopic (exact) mass is 308 g/mol. The van der Waals surface area contributed by atoms with Crippen molar-refractivity contribution >= 4 is 5.91 Å². The van der Waals surface area contributed by atoms with E-state index < -0.39 is 0 Å². The minimum Gasteiger partial charge on any atom is -0.378 e. The minimum absolute atomic E-state index is 0.0663. The van der Waals surface area contributed by atoms with E-state index in [1.165, 1.54) is 44.9 Å². The molecule has 2 aliphatic carbocycles. The lowest BCUT2D eigenvalue weighted by molar-refractivity contribution is -0.126. The molecule has 2 N–H and O–H groups in total. The highest BCUT2D eigenvalue weighted by molar-refractivity contribution is 5.82. The van der Waals surface area contributed by atoms with Gasteiger partial charge in [0, 0.05) is 13.2 Å². The van der Waals surface area contributed by atoms with Crippen LogP contribution in [0.3, 0.4) is 0 Å². The van der Waals surface area contributed by atoms with E-state index in [-0.39, 0.29) is 11.9 Å². The molecule has 22 heavy (non-hydrogen) atoms. The fourth-order valence-electron chi connectivity index (χ4n) is 4.69. The summed E-state index contributed by atoms with van der Waals surface area (Å²) in [6.07, 6.45) is 10.4. The first-order valence-electron chi connectivity index (χ1n) is 9.40. The Morgan fingerprint density at radius 3 is 2.86 bits per heavy atom. The topological polar surface area (TPSA) is 50.4 Å². The Hall–Kier alpha value is -0.610. The maximum Gasteiger partial charge on any atom is 0.237 e. The second-order valence-corrected chi connectivity index (χ2v) is 7.42. The van der Waals surface area contributed by atoms with Crippen LogP contribution in [0.25, 0.3) is 0 Å². The summed E-state index contributed by atoms with van der Waals surface area (Å²) in [4.78, 5) is 12.5. The van der Waals surface area contributed by atoms with Crippen LogP contribution in [-0.4, -0.2) is 37.7 Å². The van der Waals surface area contributed by atoms with E-state index in [0.717, 1.165) is 38.0 Å². The molecule has 0 spiro atoms. The molecule has 4 heteroatoms. The summed E-state index contributed by atoms with van der Waals surface area (Å²) in [7, 11) is 0. The molecule has 2 saturated carbocycles. The first kappa shape index (κ1) is 16.3. The van der Waals surface area contributed by atoms with Gasteiger partial charge in [0.1, 0.15) is 0 Å². The third-order valence-corrected chi connectivity index (χ3v) is 6.00. The van der Waals surface area contributed by atoms with Gasteiger partial charge in [-0.3, -0.25) is 4.79 Å². The van der Waals surface area contributed by atoms with E-state index in [2.05, 4.69) is 17.6 Å². The van der Waals surface area contributed by atoms with E-state index in [0.29, 0.717) is 12.0 Å². The second-order valence-electron chi connectivity index (χ2n) is 7.42. The number of piperidine rings is 1. The Kier molecular flexibility index (Phi) is 5.75. The van der Waals surface area contributed by atoms with Crippen molar-refractivity contribution in [3.8, 4) is 0 Å². The number of rotatable bonds is 6. The van der Waals surface area contributed by atoms with Crippen molar-refractivity contribution in [1.29, 1.82) is 0 Å². The highest BCUT2D eigenvalue weighted by atomic mass is 16.5. The lowest BCUT2D eigenvalue weighted by Gasteiger charge is -2.41. The number of fused-ring (bicyclic) bond motifs is 1. The van der Waals surface area contributed by atoms with Crippen molar-refractivity contribution in [3.05, 3.63) is 0 Å². The van der Waals surface area contributed by atoms with Crippen molar-refractivity contribution < 1.29 is 9.53 Å². The lowest BCUT2D eigenvalue weighted by atomic mass is 9.71. The molecule has 3 aliphatic rings. The average Bonchev–Trinajstić information content (AvgIpc) is 2.51. The first-order valence-corrected chi connectivity index (χ1v) is 9.40. The maximum atomic E-state index is 12.5. The molecule has 1 saturated heterocycles. The van der Waals surface area contributed by atoms with Crippen LogP contribution in [0, 0.1) is 17.8 Å². The van der Waals surface area contributed by atoms with E-state index in [1.807, 2.05) is 0 Å². The molecule has 126 valence electrons. The molecule has 0 aromatic carbocycles. The smallest absolute Gasteiger partial charge is 0.237 e. The molecular formula is C18H32N2O2. The van der Waals surface area contributed by atoms with Gasteiger partial charge in [-0.2, -0.15) is 0 Å². The Morgan fingerprint density at radius 1 is 1.23 bits per heavy atom. The standard InChI is InChI=1S/C18H32N2O2/c1-2-22-15-11-13(12-15)7-9-20-18(21)17-16-6-4-3-5-14(16)8-10-19-17/h13-17,19H,2-12H2,1H3,(H,20,21). The fraction of sp³-hybridized carbons (Fsp3) is 0.944. The van der Waals surface area contributed by atoms with Crippen LogP contribution in [0.4, 0.5) is 0 Å². The third kappa shape index (κ3) is 3.83. The van der Waals surface area contributed by atoms with Crippen LogP contribution in [0.5, 0.6) is 0 Å². The molecule has 0 aromatic heterocycles. The number of amides is 1. The molecule has 3 unspecified atom stereocenters. The zero-order valence-corrected chi connectivity index (χ0v) is 14.0. The van der Waals surface area contributed by atoms with Crippen LogP contribution in [0.15, 0.2) is 0 Å². The van der Waals surface area contributed by atoms with E-state index in [1.54, 1.807) is 0 Å². The maximum absolute atomic E-state index is 12.5. The lowest BCUT2D eigenvalue weighted by Crippen LogP contribution is -2.55. The number of ether oxygens (including phenoxy) is 1. The summed E-state index contributed by atoms with van der Waals surface area (Å²) in [6.45, 7) is 4.73. The number of hydrogen-bond donors (Lipinski definition) is 2. The predicted octanol–water partition coefficient (Wildman–Crippen LogP) is 2.48. The molecule has 1 amide bonds. The molecule has 3 rings (SSSR count). The third-order valence-electron chi connectivity index (χ3n) is 6.00. The highest BCUT2D eigenvalue weighted by Crippen LogP contribution is 2.37. The van der Waals surface area contributed by atoms with Gasteiger partial charge in [0.2, 0.25) is 5.91 Å². The largest absolute Gasteiger partial charge is 0.378 e. The van der Waals surface area contributed by atoms with Crippen LogP contribution in [-0.2, 0) is 9.53 Å². The SMILES string of the molecule is CCOC1CC(CCNC(=O)C2NCCC3CCCCC32)C1. The van der Waals surface area contributed by atoms with Crippen LogP contribution >= 0.6 is 0 Å². The molecule has 1 heterocycles. The second kappa shape index (κ2) is 7.78. The van der Waals surface area contributed by atoms with Crippen LogP contribution in [0.2, 0.25) is 0 Å². The van der Waals surface area contributed by atoms with Gasteiger partial charge in [0.25, 0.3) is 0 Å². The van der Waals surface area contributed by atoms with Gasteiger partial charge >= 0.3 is 0 Å². The normalized spacial score (nSPS) is 38.0. The Morgan fingerprint density at radius 2 is 2.05 bits per heavy atom. The molecule has 1 aliphatic heterocycles. The molecular weight excluding hydrogens is 276 g/mol. The molecule has 4 nitrogen and oxygen atoms in total. The summed E-state index contributed by atoms with van der Waals surface area (Å²) in [5.41, 5.74) is 0. The summed E-state index contributed by atoms with van der Waals surface area (Å²) in [5, 5.41) is 6.67. The minimum atomic E-state index is 0.0663. The molecule has 3 fully saturated rings. The van der Waals surface area contributed by atoms with Gasteiger partial charge in [-0.1, -0.05) is 19.3 Å². The van der Waals surface area contributed by atoms with Crippen molar-refractivity contribution in [2.45, 2.75) is 70.4 Å². The van der Waals surface area contributed by atoms with Crippen molar-refractivity contribution in [2.24, 2.45) is 17.8 Å².